The lowest BCUT2D eigenvalue weighted by Crippen LogP contribution is -2.42. The van der Waals surface area contributed by atoms with E-state index in [1.54, 1.807) is 31.4 Å². The smallest absolute Gasteiger partial charge is 0.288 e. The van der Waals surface area contributed by atoms with Crippen molar-refractivity contribution in [3.05, 3.63) is 71.7 Å². The third-order valence-corrected chi connectivity index (χ3v) is 3.54. The van der Waals surface area contributed by atoms with E-state index < -0.39 is 17.6 Å². The van der Waals surface area contributed by atoms with Gasteiger partial charge in [-0.05, 0) is 36.4 Å². The number of halogens is 1. The maximum atomic E-state index is 13.5. The Hall–Kier alpha value is -3.48. The molecule has 0 aliphatic heterocycles. The number of hydrazine groups is 1. The first-order valence-electron chi connectivity index (χ1n) is 7.38. The molecule has 0 saturated carbocycles. The molecule has 0 atom stereocenters. The summed E-state index contributed by atoms with van der Waals surface area (Å²) < 4.78 is 18.7. The summed E-state index contributed by atoms with van der Waals surface area (Å²) in [5, 5.41) is 0.811. The molecule has 1 aromatic heterocycles. The highest BCUT2D eigenvalue weighted by atomic mass is 19.1. The molecule has 126 valence electrons. The average molecular weight is 339 g/mol. The van der Waals surface area contributed by atoms with E-state index in [0.29, 0.717) is 11.3 Å². The maximum absolute atomic E-state index is 13.5. The monoisotopic (exact) mass is 339 g/mol. The summed E-state index contributed by atoms with van der Waals surface area (Å²) in [6.07, 6.45) is 0. The number of hydrogen-bond acceptors (Lipinski definition) is 4. The minimum Gasteiger partial charge on any atom is -0.497 e. The summed E-state index contributed by atoms with van der Waals surface area (Å²) in [6, 6.07) is 14.0. The fraction of sp³-hybridized carbons (Fsp3) is 0.0556. The summed E-state index contributed by atoms with van der Waals surface area (Å²) in [5.74, 6) is -1.35. The van der Waals surface area contributed by atoms with Crippen LogP contribution in [0.2, 0.25) is 0 Å². The van der Waals surface area contributed by atoms with E-state index in [1.807, 2.05) is 0 Å². The second-order valence-electron chi connectivity index (χ2n) is 5.14. The number of ether oxygens (including phenoxy) is 1. The number of nitrogens with zero attached hydrogens (tertiary/aromatic N) is 1. The summed E-state index contributed by atoms with van der Waals surface area (Å²) in [7, 11) is 1.56. The third-order valence-electron chi connectivity index (χ3n) is 3.54. The maximum Gasteiger partial charge on any atom is 0.288 e. The highest BCUT2D eigenvalue weighted by molar-refractivity contribution is 5.99. The second-order valence-corrected chi connectivity index (χ2v) is 5.14. The molecule has 1 heterocycles. The van der Waals surface area contributed by atoms with E-state index in [-0.39, 0.29) is 11.3 Å². The van der Waals surface area contributed by atoms with Gasteiger partial charge in [0.2, 0.25) is 0 Å². The van der Waals surface area contributed by atoms with Crippen LogP contribution in [-0.4, -0.2) is 23.9 Å². The van der Waals surface area contributed by atoms with E-state index in [1.165, 1.54) is 24.3 Å². The topological polar surface area (TPSA) is 80.3 Å². The Balaban J connectivity index is 1.72. The number of benzene rings is 2. The molecule has 0 bridgehead atoms. The zero-order valence-corrected chi connectivity index (χ0v) is 13.2. The van der Waals surface area contributed by atoms with Crippen LogP contribution in [0.4, 0.5) is 4.39 Å². The van der Waals surface area contributed by atoms with Gasteiger partial charge in [0, 0.05) is 5.39 Å². The Morgan fingerprint density at radius 2 is 1.76 bits per heavy atom. The van der Waals surface area contributed by atoms with Gasteiger partial charge in [0.15, 0.2) is 0 Å². The highest BCUT2D eigenvalue weighted by Crippen LogP contribution is 2.19. The molecule has 2 N–H and O–H groups in total. The molecule has 3 aromatic rings. The number of aromatic nitrogens is 1. The van der Waals surface area contributed by atoms with Crippen molar-refractivity contribution >= 4 is 22.7 Å². The van der Waals surface area contributed by atoms with E-state index in [4.69, 9.17) is 4.74 Å². The van der Waals surface area contributed by atoms with Crippen LogP contribution >= 0.6 is 0 Å². The Labute approximate surface area is 142 Å². The first-order valence-corrected chi connectivity index (χ1v) is 7.38. The molecule has 3 rings (SSSR count). The zero-order chi connectivity index (χ0) is 17.8. The van der Waals surface area contributed by atoms with Crippen molar-refractivity contribution in [3.8, 4) is 5.75 Å². The molecule has 6 nitrogen and oxygen atoms in total. The minimum absolute atomic E-state index is 0.117. The Kier molecular flexibility index (Phi) is 4.56. The van der Waals surface area contributed by atoms with Crippen LogP contribution in [-0.2, 0) is 0 Å². The van der Waals surface area contributed by atoms with Gasteiger partial charge in [0.05, 0.1) is 18.2 Å². The second kappa shape index (κ2) is 6.96. The molecule has 0 aliphatic rings. The van der Waals surface area contributed by atoms with Crippen molar-refractivity contribution in [1.82, 2.24) is 15.8 Å². The standard InChI is InChI=1S/C18H14FN3O3/c1-25-12-7-9-15-11(10-12)6-8-16(20-15)18(24)22-21-17(23)13-4-2-3-5-14(13)19/h2-10H,1H3,(H,21,23)(H,22,24). The SMILES string of the molecule is COc1ccc2nc(C(=O)NNC(=O)c3ccccc3F)ccc2c1. The van der Waals surface area contributed by atoms with Gasteiger partial charge in [-0.3, -0.25) is 20.4 Å². The molecule has 25 heavy (non-hydrogen) atoms. The molecule has 0 fully saturated rings. The van der Waals surface area contributed by atoms with Gasteiger partial charge in [-0.1, -0.05) is 18.2 Å². The number of hydrogen-bond donors (Lipinski definition) is 2. The van der Waals surface area contributed by atoms with Crippen molar-refractivity contribution in [3.63, 3.8) is 0 Å². The van der Waals surface area contributed by atoms with Gasteiger partial charge < -0.3 is 4.74 Å². The minimum atomic E-state index is -0.753. The first-order chi connectivity index (χ1) is 12.1. The van der Waals surface area contributed by atoms with Gasteiger partial charge in [-0.2, -0.15) is 0 Å². The number of methoxy groups -OCH3 is 1. The van der Waals surface area contributed by atoms with Crippen LogP contribution in [0, 0.1) is 5.82 Å². The van der Waals surface area contributed by atoms with Crippen LogP contribution in [0.1, 0.15) is 20.8 Å². The van der Waals surface area contributed by atoms with Crippen LogP contribution < -0.4 is 15.6 Å². The highest BCUT2D eigenvalue weighted by Gasteiger charge is 2.13. The zero-order valence-electron chi connectivity index (χ0n) is 13.2. The Morgan fingerprint density at radius 3 is 2.52 bits per heavy atom. The Bertz CT molecular complexity index is 959. The van der Waals surface area contributed by atoms with Gasteiger partial charge in [-0.25, -0.2) is 9.37 Å². The summed E-state index contributed by atoms with van der Waals surface area (Å²) in [5.41, 5.74) is 4.94. The largest absolute Gasteiger partial charge is 0.497 e. The summed E-state index contributed by atoms with van der Waals surface area (Å²) in [6.45, 7) is 0. The van der Waals surface area contributed by atoms with E-state index in [0.717, 1.165) is 11.5 Å². The van der Waals surface area contributed by atoms with Gasteiger partial charge in [-0.15, -0.1) is 0 Å². The van der Waals surface area contributed by atoms with Gasteiger partial charge in [0.25, 0.3) is 11.8 Å². The van der Waals surface area contributed by atoms with Crippen molar-refractivity contribution in [1.29, 1.82) is 0 Å². The molecule has 0 radical (unpaired) electrons. The predicted octanol–water partition coefficient (Wildman–Crippen LogP) is 2.46. The number of carbonyl (C=O) groups is 2. The normalized spacial score (nSPS) is 10.3. The molecule has 2 amide bonds. The molecule has 2 aromatic carbocycles. The first kappa shape index (κ1) is 16.4. The van der Waals surface area contributed by atoms with Gasteiger partial charge >= 0.3 is 0 Å². The van der Waals surface area contributed by atoms with Crippen LogP contribution in [0.15, 0.2) is 54.6 Å². The van der Waals surface area contributed by atoms with Crippen molar-refractivity contribution in [2.45, 2.75) is 0 Å². The quantitative estimate of drug-likeness (QED) is 0.719. The van der Waals surface area contributed by atoms with Crippen molar-refractivity contribution < 1.29 is 18.7 Å². The van der Waals surface area contributed by atoms with Crippen LogP contribution in [0.3, 0.4) is 0 Å². The predicted molar refractivity (Wildman–Crippen MR) is 89.6 cm³/mol. The fourth-order valence-electron chi connectivity index (χ4n) is 2.25. The molecule has 0 saturated heterocycles. The van der Waals surface area contributed by atoms with E-state index in [2.05, 4.69) is 15.8 Å². The lowest BCUT2D eigenvalue weighted by molar-refractivity contribution is 0.0842. The molecular weight excluding hydrogens is 325 g/mol. The van der Waals surface area contributed by atoms with Crippen molar-refractivity contribution in [2.24, 2.45) is 0 Å². The molecular formula is C18H14FN3O3. The molecule has 0 spiro atoms. The van der Waals surface area contributed by atoms with E-state index in [9.17, 15) is 14.0 Å². The lowest BCUT2D eigenvalue weighted by Gasteiger charge is -2.08. The molecule has 0 aliphatic carbocycles. The Morgan fingerprint density at radius 1 is 1.00 bits per heavy atom. The van der Waals surface area contributed by atoms with E-state index >= 15 is 0 Å². The molecule has 7 heteroatoms. The average Bonchev–Trinajstić information content (AvgIpc) is 2.65. The number of rotatable bonds is 3. The number of pyridine rings is 1. The summed E-state index contributed by atoms with van der Waals surface area (Å²) >= 11 is 0. The third kappa shape index (κ3) is 3.55. The summed E-state index contributed by atoms with van der Waals surface area (Å²) in [4.78, 5) is 28.2. The number of amides is 2. The molecule has 0 unspecified atom stereocenters. The van der Waals surface area contributed by atoms with Crippen LogP contribution in [0.25, 0.3) is 10.9 Å². The number of fused-ring (bicyclic) bond motifs is 1. The lowest BCUT2D eigenvalue weighted by atomic mass is 10.2. The van der Waals surface area contributed by atoms with Gasteiger partial charge in [0.1, 0.15) is 17.3 Å². The van der Waals surface area contributed by atoms with Crippen molar-refractivity contribution in [2.75, 3.05) is 7.11 Å². The fourth-order valence-corrected chi connectivity index (χ4v) is 2.25. The number of carbonyl (C=O) groups excluding carboxylic acids is 2. The number of nitrogens with one attached hydrogen (secondary N) is 2. The van der Waals surface area contributed by atoms with Crippen LogP contribution in [0.5, 0.6) is 5.75 Å².